The largest absolute Gasteiger partial charge is 0.434 e. The molecule has 0 fully saturated rings. The minimum absolute atomic E-state index is 0.150. The Morgan fingerprint density at radius 2 is 1.19 bits per heavy atom. The van der Waals surface area contributed by atoms with Gasteiger partial charge in [0.25, 0.3) is 0 Å². The second kappa shape index (κ2) is 8.50. The van der Waals surface area contributed by atoms with Crippen molar-refractivity contribution in [3.05, 3.63) is 63.7 Å². The van der Waals surface area contributed by atoms with Crippen molar-refractivity contribution < 1.29 is 31.1 Å². The highest BCUT2D eigenvalue weighted by atomic mass is 35.5. The molecule has 11 heteroatoms. The second-order valence-electron chi connectivity index (χ2n) is 4.45. The van der Waals surface area contributed by atoms with Gasteiger partial charge in [-0.25, -0.2) is 9.97 Å². The molecule has 0 aliphatic rings. The van der Waals surface area contributed by atoms with E-state index in [1.54, 1.807) is 0 Å². The zero-order valence-corrected chi connectivity index (χ0v) is 14.0. The number of carbonyl (C=O) groups is 1. The van der Waals surface area contributed by atoms with Crippen LogP contribution in [0.1, 0.15) is 27.6 Å². The Kier molecular flexibility index (Phi) is 7.16. The van der Waals surface area contributed by atoms with E-state index < -0.39 is 33.8 Å². The third kappa shape index (κ3) is 5.99. The Balaban J connectivity index is 0.000000260. The lowest BCUT2D eigenvalue weighted by Crippen LogP contribution is -2.10. The molecule has 0 aliphatic heterocycles. The highest BCUT2D eigenvalue weighted by Gasteiger charge is 2.36. The van der Waals surface area contributed by atoms with Crippen LogP contribution >= 0.6 is 23.2 Å². The minimum Gasteiger partial charge on any atom is -0.296 e. The molecule has 2 aromatic rings. The van der Waals surface area contributed by atoms with Crippen molar-refractivity contribution in [2.45, 2.75) is 12.4 Å². The molecule has 0 aromatic carbocycles. The first-order chi connectivity index (χ1) is 11.9. The molecule has 0 saturated heterocycles. The normalized spacial score (nSPS) is 11.4. The van der Waals surface area contributed by atoms with Gasteiger partial charge in [-0.1, -0.05) is 29.8 Å². The van der Waals surface area contributed by atoms with E-state index in [1.807, 2.05) is 0 Å². The monoisotopic (exact) mass is 416 g/mol. The highest BCUT2D eigenvalue weighted by molar-refractivity contribution is 6.31. The van der Waals surface area contributed by atoms with Gasteiger partial charge in [-0.05, 0) is 30.3 Å². The highest BCUT2D eigenvalue weighted by Crippen LogP contribution is 2.33. The zero-order chi connectivity index (χ0) is 20.1. The second-order valence-corrected chi connectivity index (χ2v) is 5.26. The number of hydrogen-bond donors (Lipinski definition) is 0. The lowest BCUT2D eigenvalue weighted by atomic mass is 10.3. The Morgan fingerprint density at radius 3 is 1.54 bits per heavy atom. The number of aldehydes is 1. The molecule has 0 amide bonds. The van der Waals surface area contributed by atoms with Gasteiger partial charge in [0.2, 0.25) is 0 Å². The van der Waals surface area contributed by atoms with E-state index in [1.165, 1.54) is 12.1 Å². The zero-order valence-electron chi connectivity index (χ0n) is 12.5. The lowest BCUT2D eigenvalue weighted by Gasteiger charge is -2.07. The third-order valence-corrected chi connectivity index (χ3v) is 3.21. The topological polar surface area (TPSA) is 42.9 Å². The molecule has 140 valence electrons. The number of rotatable bonds is 2. The lowest BCUT2D eigenvalue weighted by molar-refractivity contribution is -0.141. The molecular formula is C15H8Cl2F6N2O. The summed E-state index contributed by atoms with van der Waals surface area (Å²) < 4.78 is 72.9. The first-order valence-electron chi connectivity index (χ1n) is 6.45. The van der Waals surface area contributed by atoms with Gasteiger partial charge in [0.05, 0.1) is 15.7 Å². The molecule has 0 saturated carbocycles. The van der Waals surface area contributed by atoms with Crippen LogP contribution in [0.4, 0.5) is 26.3 Å². The number of carbonyl (C=O) groups excluding carboxylic acids is 1. The van der Waals surface area contributed by atoms with Crippen LogP contribution in [0, 0.1) is 0 Å². The fourth-order valence-corrected chi connectivity index (χ4v) is 1.92. The number of hydrogen-bond acceptors (Lipinski definition) is 3. The number of alkyl halides is 6. The average molecular weight is 417 g/mol. The smallest absolute Gasteiger partial charge is 0.296 e. The van der Waals surface area contributed by atoms with Crippen molar-refractivity contribution in [2.24, 2.45) is 0 Å². The summed E-state index contributed by atoms with van der Waals surface area (Å²) >= 11 is 10.6. The molecule has 2 aromatic heterocycles. The van der Waals surface area contributed by atoms with Gasteiger partial charge in [-0.2, -0.15) is 26.3 Å². The SMILES string of the molecule is C=Cc1ccc(Cl)c(C(F)(F)F)n1.O=Cc1ccc(Cl)c(C(F)(F)F)n1. The maximum atomic E-state index is 12.2. The molecule has 2 rings (SSSR count). The van der Waals surface area contributed by atoms with Crippen LogP contribution in [0.5, 0.6) is 0 Å². The average Bonchev–Trinajstić information content (AvgIpc) is 2.54. The quantitative estimate of drug-likeness (QED) is 0.447. The van der Waals surface area contributed by atoms with Crippen LogP contribution in [-0.4, -0.2) is 16.3 Å². The van der Waals surface area contributed by atoms with Crippen molar-refractivity contribution in [1.29, 1.82) is 0 Å². The molecule has 2 heterocycles. The first-order valence-corrected chi connectivity index (χ1v) is 7.20. The van der Waals surface area contributed by atoms with Crippen molar-refractivity contribution in [2.75, 3.05) is 0 Å². The van der Waals surface area contributed by atoms with E-state index in [0.29, 0.717) is 0 Å². The number of aromatic nitrogens is 2. The van der Waals surface area contributed by atoms with Gasteiger partial charge < -0.3 is 0 Å². The Labute approximate surface area is 153 Å². The van der Waals surface area contributed by atoms with Gasteiger partial charge in [0.1, 0.15) is 5.69 Å². The molecular weight excluding hydrogens is 409 g/mol. The number of nitrogens with zero attached hydrogens (tertiary/aromatic N) is 2. The van der Waals surface area contributed by atoms with E-state index in [2.05, 4.69) is 16.5 Å². The molecule has 26 heavy (non-hydrogen) atoms. The summed E-state index contributed by atoms with van der Waals surface area (Å²) in [6, 6.07) is 4.62. The molecule has 0 atom stereocenters. The predicted molar refractivity (Wildman–Crippen MR) is 84.0 cm³/mol. The van der Waals surface area contributed by atoms with E-state index in [0.717, 1.165) is 18.2 Å². The molecule has 0 bridgehead atoms. The standard InChI is InChI=1S/C8H5ClF3N.C7H3ClF3NO/c1-2-5-3-4-6(9)7(13-5)8(10,11)12;8-5-2-1-4(3-13)12-6(5)7(9,10)11/h2-4H,1H2;1-3H. The minimum atomic E-state index is -4.63. The van der Waals surface area contributed by atoms with E-state index >= 15 is 0 Å². The molecule has 0 unspecified atom stereocenters. The third-order valence-electron chi connectivity index (χ3n) is 2.60. The van der Waals surface area contributed by atoms with Gasteiger partial charge >= 0.3 is 12.4 Å². The summed E-state index contributed by atoms with van der Waals surface area (Å²) in [5, 5.41) is -0.920. The maximum Gasteiger partial charge on any atom is 0.434 e. The van der Waals surface area contributed by atoms with Crippen LogP contribution < -0.4 is 0 Å². The summed E-state index contributed by atoms with van der Waals surface area (Å²) in [4.78, 5) is 16.4. The molecule has 0 N–H and O–H groups in total. The maximum absolute atomic E-state index is 12.2. The van der Waals surface area contributed by atoms with Crippen LogP contribution in [0.25, 0.3) is 6.08 Å². The summed E-state index contributed by atoms with van der Waals surface area (Å²) in [7, 11) is 0. The Morgan fingerprint density at radius 1 is 0.808 bits per heavy atom. The predicted octanol–water partition coefficient (Wildman–Crippen LogP) is 5.96. The van der Waals surface area contributed by atoms with E-state index in [9.17, 15) is 31.1 Å². The van der Waals surface area contributed by atoms with E-state index in [4.69, 9.17) is 23.2 Å². The van der Waals surface area contributed by atoms with Crippen molar-refractivity contribution >= 4 is 35.6 Å². The van der Waals surface area contributed by atoms with Gasteiger partial charge in [0, 0.05) is 0 Å². The van der Waals surface area contributed by atoms with Crippen LogP contribution in [0.2, 0.25) is 10.0 Å². The van der Waals surface area contributed by atoms with Crippen molar-refractivity contribution in [1.82, 2.24) is 9.97 Å². The number of pyridine rings is 2. The Bertz CT molecular complexity index is 738. The van der Waals surface area contributed by atoms with Crippen molar-refractivity contribution in [3.8, 4) is 0 Å². The fraction of sp³-hybridized carbons (Fsp3) is 0.133. The van der Waals surface area contributed by atoms with Crippen LogP contribution in [-0.2, 0) is 12.4 Å². The number of halogens is 8. The summed E-state index contributed by atoms with van der Waals surface area (Å²) in [5.74, 6) is 0. The van der Waals surface area contributed by atoms with Crippen LogP contribution in [0.3, 0.4) is 0 Å². The summed E-state index contributed by atoms with van der Waals surface area (Å²) in [6.07, 6.45) is -7.69. The fourth-order valence-electron chi connectivity index (χ4n) is 1.49. The Hall–Kier alpha value is -2.13. The van der Waals surface area contributed by atoms with Crippen molar-refractivity contribution in [3.63, 3.8) is 0 Å². The summed E-state index contributed by atoms with van der Waals surface area (Å²) in [5.41, 5.74) is -2.46. The first kappa shape index (κ1) is 21.9. The van der Waals surface area contributed by atoms with Crippen LogP contribution in [0.15, 0.2) is 30.8 Å². The van der Waals surface area contributed by atoms with Gasteiger partial charge in [-0.15, -0.1) is 0 Å². The van der Waals surface area contributed by atoms with E-state index in [-0.39, 0.29) is 17.7 Å². The molecule has 0 aliphatic carbocycles. The molecule has 3 nitrogen and oxygen atoms in total. The van der Waals surface area contributed by atoms with Gasteiger partial charge in [-0.3, -0.25) is 4.79 Å². The summed E-state index contributed by atoms with van der Waals surface area (Å²) in [6.45, 7) is 3.31. The van der Waals surface area contributed by atoms with Gasteiger partial charge in [0.15, 0.2) is 17.7 Å². The molecule has 0 radical (unpaired) electrons. The molecule has 0 spiro atoms.